The van der Waals surface area contributed by atoms with Gasteiger partial charge in [-0.15, -0.1) is 0 Å². The highest BCUT2D eigenvalue weighted by molar-refractivity contribution is 6.28. The molecule has 25 heavy (non-hydrogen) atoms. The van der Waals surface area contributed by atoms with Crippen molar-refractivity contribution in [3.8, 4) is 11.6 Å². The Morgan fingerprint density at radius 1 is 1.40 bits per heavy atom. The molecule has 0 saturated carbocycles. The fourth-order valence-electron chi connectivity index (χ4n) is 2.42. The quantitative estimate of drug-likeness (QED) is 0.655. The van der Waals surface area contributed by atoms with E-state index in [1.807, 2.05) is 6.08 Å². The molecule has 6 nitrogen and oxygen atoms in total. The molecule has 2 aromatic rings. The number of ether oxygens (including phenoxy) is 2. The van der Waals surface area contributed by atoms with Crippen LogP contribution in [0.5, 0.6) is 11.6 Å². The molecule has 7 heteroatoms. The number of nitrogens with two attached hydrogens (primary N) is 1. The van der Waals surface area contributed by atoms with Gasteiger partial charge in [0.1, 0.15) is 5.75 Å². The Hall–Kier alpha value is -2.70. The average Bonchev–Trinajstić information content (AvgIpc) is 2.62. The molecule has 1 amide bonds. The Morgan fingerprint density at radius 3 is 2.96 bits per heavy atom. The zero-order valence-corrected chi connectivity index (χ0v) is 14.1. The Bertz CT molecular complexity index is 864. The van der Waals surface area contributed by atoms with Gasteiger partial charge in [0.25, 0.3) is 0 Å². The van der Waals surface area contributed by atoms with Crippen LogP contribution in [-0.4, -0.2) is 29.1 Å². The molecular formula is C18H16ClN3O3. The molecule has 3 rings (SSSR count). The summed E-state index contributed by atoms with van der Waals surface area (Å²) in [6.07, 6.45) is 4.34. The Labute approximate surface area is 149 Å². The van der Waals surface area contributed by atoms with Gasteiger partial charge in [-0.25, -0.2) is 4.98 Å². The second kappa shape index (κ2) is 7.46. The van der Waals surface area contributed by atoms with Crippen molar-refractivity contribution in [2.24, 2.45) is 5.73 Å². The zero-order chi connectivity index (χ0) is 17.8. The van der Waals surface area contributed by atoms with E-state index in [-0.39, 0.29) is 10.9 Å². The molecule has 1 aromatic carbocycles. The van der Waals surface area contributed by atoms with E-state index in [2.05, 4.69) is 16.5 Å². The van der Waals surface area contributed by atoms with Gasteiger partial charge < -0.3 is 15.2 Å². The highest BCUT2D eigenvalue weighted by Gasteiger charge is 2.16. The smallest absolute Gasteiger partial charge is 0.248 e. The summed E-state index contributed by atoms with van der Waals surface area (Å²) in [5.74, 6) is 0.244. The molecular weight excluding hydrogens is 342 g/mol. The van der Waals surface area contributed by atoms with E-state index in [9.17, 15) is 4.79 Å². The van der Waals surface area contributed by atoms with Crippen molar-refractivity contribution in [2.75, 3.05) is 13.2 Å². The van der Waals surface area contributed by atoms with Gasteiger partial charge in [-0.3, -0.25) is 4.79 Å². The average molecular weight is 358 g/mol. The molecule has 0 aliphatic carbocycles. The third-order valence-corrected chi connectivity index (χ3v) is 3.91. The lowest BCUT2D eigenvalue weighted by atomic mass is 10.0. The number of nitrogens with zero attached hydrogens (tertiary/aromatic N) is 2. The van der Waals surface area contributed by atoms with Crippen LogP contribution in [0, 0.1) is 0 Å². The van der Waals surface area contributed by atoms with Gasteiger partial charge in [-0.2, -0.15) is 4.98 Å². The van der Waals surface area contributed by atoms with E-state index in [1.165, 1.54) is 0 Å². The second-order valence-electron chi connectivity index (χ2n) is 5.38. The molecule has 1 aliphatic rings. The lowest BCUT2D eigenvalue weighted by Crippen LogP contribution is -2.11. The summed E-state index contributed by atoms with van der Waals surface area (Å²) in [6.45, 7) is 4.84. The number of hydrogen-bond donors (Lipinski definition) is 1. The number of carbonyl (C=O) groups is 1. The first-order chi connectivity index (χ1) is 12.0. The summed E-state index contributed by atoms with van der Waals surface area (Å²) < 4.78 is 11.2. The van der Waals surface area contributed by atoms with Gasteiger partial charge >= 0.3 is 0 Å². The molecule has 1 aromatic heterocycles. The van der Waals surface area contributed by atoms with Gasteiger partial charge in [-0.1, -0.05) is 24.8 Å². The normalized spacial score (nSPS) is 13.9. The van der Waals surface area contributed by atoms with Crippen molar-refractivity contribution in [3.05, 3.63) is 59.5 Å². The maximum absolute atomic E-state index is 11.3. The van der Waals surface area contributed by atoms with Crippen molar-refractivity contribution < 1.29 is 14.3 Å². The van der Waals surface area contributed by atoms with Crippen LogP contribution in [0.15, 0.2) is 43.1 Å². The summed E-state index contributed by atoms with van der Waals surface area (Å²) in [5, 5.41) is 0.0871. The topological polar surface area (TPSA) is 87.3 Å². The number of hydrogen-bond acceptors (Lipinski definition) is 5. The number of primary amides is 1. The summed E-state index contributed by atoms with van der Waals surface area (Å²) >= 11 is 5.92. The second-order valence-corrected chi connectivity index (χ2v) is 5.72. The lowest BCUT2D eigenvalue weighted by molar-refractivity contribution is -0.112. The van der Waals surface area contributed by atoms with Crippen molar-refractivity contribution in [1.29, 1.82) is 0 Å². The minimum absolute atomic E-state index is 0.0871. The van der Waals surface area contributed by atoms with E-state index in [0.717, 1.165) is 17.6 Å². The number of amides is 1. The molecule has 0 unspecified atom stereocenters. The SMILES string of the molecule is C=C(C(N)=O)c1cccc(Oc2nc(Cl)ncc2C2=CCOCC2)c1. The minimum Gasteiger partial charge on any atom is -0.438 e. The van der Waals surface area contributed by atoms with Crippen molar-refractivity contribution in [2.45, 2.75) is 6.42 Å². The van der Waals surface area contributed by atoms with Crippen LogP contribution in [0.4, 0.5) is 0 Å². The number of benzene rings is 1. The van der Waals surface area contributed by atoms with Crippen molar-refractivity contribution in [3.63, 3.8) is 0 Å². The molecule has 0 atom stereocenters. The lowest BCUT2D eigenvalue weighted by Gasteiger charge is -2.16. The summed E-state index contributed by atoms with van der Waals surface area (Å²) in [4.78, 5) is 19.5. The van der Waals surface area contributed by atoms with Crippen LogP contribution in [0.2, 0.25) is 5.28 Å². The van der Waals surface area contributed by atoms with Gasteiger partial charge in [0, 0.05) is 11.8 Å². The number of halogens is 1. The largest absolute Gasteiger partial charge is 0.438 e. The van der Waals surface area contributed by atoms with E-state index >= 15 is 0 Å². The van der Waals surface area contributed by atoms with Crippen LogP contribution in [0.1, 0.15) is 17.5 Å². The molecule has 128 valence electrons. The van der Waals surface area contributed by atoms with Gasteiger partial charge in [0.2, 0.25) is 17.1 Å². The minimum atomic E-state index is -0.588. The van der Waals surface area contributed by atoms with E-state index in [0.29, 0.717) is 30.4 Å². The van der Waals surface area contributed by atoms with Gasteiger partial charge in [0.15, 0.2) is 0 Å². The molecule has 2 heterocycles. The predicted octanol–water partition coefficient (Wildman–Crippen LogP) is 3.22. The first-order valence-electron chi connectivity index (χ1n) is 7.61. The van der Waals surface area contributed by atoms with E-state index in [4.69, 9.17) is 26.8 Å². The third-order valence-electron chi connectivity index (χ3n) is 3.73. The fourth-order valence-corrected chi connectivity index (χ4v) is 2.54. The van der Waals surface area contributed by atoms with Crippen LogP contribution in [0.3, 0.4) is 0 Å². The van der Waals surface area contributed by atoms with E-state index < -0.39 is 5.91 Å². The summed E-state index contributed by atoms with van der Waals surface area (Å²) in [7, 11) is 0. The molecule has 0 saturated heterocycles. The molecule has 0 fully saturated rings. The van der Waals surface area contributed by atoms with Gasteiger partial charge in [0.05, 0.1) is 18.8 Å². The first kappa shape index (κ1) is 17.1. The molecule has 0 spiro atoms. The maximum atomic E-state index is 11.3. The molecule has 0 radical (unpaired) electrons. The number of rotatable bonds is 5. The number of aromatic nitrogens is 2. The highest BCUT2D eigenvalue weighted by atomic mass is 35.5. The van der Waals surface area contributed by atoms with Crippen LogP contribution < -0.4 is 10.5 Å². The van der Waals surface area contributed by atoms with Crippen LogP contribution >= 0.6 is 11.6 Å². The van der Waals surface area contributed by atoms with Crippen LogP contribution in [0.25, 0.3) is 11.1 Å². The Balaban J connectivity index is 1.94. The number of carbonyl (C=O) groups excluding carboxylic acids is 1. The van der Waals surface area contributed by atoms with Gasteiger partial charge in [-0.05, 0) is 41.3 Å². The first-order valence-corrected chi connectivity index (χ1v) is 7.99. The Kier molecular flexibility index (Phi) is 5.11. The fraction of sp³-hybridized carbons (Fsp3) is 0.167. The summed E-state index contributed by atoms with van der Waals surface area (Å²) in [6, 6.07) is 6.89. The molecule has 1 aliphatic heterocycles. The maximum Gasteiger partial charge on any atom is 0.248 e. The Morgan fingerprint density at radius 2 is 2.24 bits per heavy atom. The summed E-state index contributed by atoms with van der Waals surface area (Å²) in [5.41, 5.74) is 7.86. The molecule has 0 bridgehead atoms. The monoisotopic (exact) mass is 357 g/mol. The van der Waals surface area contributed by atoms with Crippen molar-refractivity contribution >= 4 is 28.7 Å². The predicted molar refractivity (Wildman–Crippen MR) is 95.2 cm³/mol. The van der Waals surface area contributed by atoms with Crippen LogP contribution in [-0.2, 0) is 9.53 Å². The van der Waals surface area contributed by atoms with Crippen molar-refractivity contribution in [1.82, 2.24) is 9.97 Å². The molecule has 2 N–H and O–H groups in total. The standard InChI is InChI=1S/C18H16ClN3O3/c1-11(16(20)23)13-3-2-4-14(9-13)25-17-15(10-21-18(19)22-17)12-5-7-24-8-6-12/h2-5,9-10H,1,6-8H2,(H2,20,23). The third kappa shape index (κ3) is 4.04. The zero-order valence-electron chi connectivity index (χ0n) is 13.4. The highest BCUT2D eigenvalue weighted by Crippen LogP contribution is 2.32. The van der Waals surface area contributed by atoms with E-state index in [1.54, 1.807) is 30.5 Å².